The fraction of sp³-hybridized carbons (Fsp3) is 0.167. The second-order valence-corrected chi connectivity index (χ2v) is 3.47. The third kappa shape index (κ3) is 1.38. The van der Waals surface area contributed by atoms with Gasteiger partial charge in [-0.15, -0.1) is 0 Å². The summed E-state index contributed by atoms with van der Waals surface area (Å²) >= 11 is 0. The van der Waals surface area contributed by atoms with E-state index in [2.05, 4.69) is 0 Å². The first-order valence-corrected chi connectivity index (χ1v) is 4.63. The number of rotatable bonds is 1. The molecule has 0 radical (unpaired) electrons. The van der Waals surface area contributed by atoms with Crippen molar-refractivity contribution < 1.29 is 4.39 Å². The van der Waals surface area contributed by atoms with Gasteiger partial charge >= 0.3 is 0 Å². The molecule has 0 unspecified atom stereocenters. The van der Waals surface area contributed by atoms with Crippen LogP contribution in [0.25, 0.3) is 10.8 Å². The van der Waals surface area contributed by atoms with Gasteiger partial charge in [-0.25, -0.2) is 4.39 Å². The lowest BCUT2D eigenvalue weighted by Crippen LogP contribution is -2.05. The van der Waals surface area contributed by atoms with E-state index in [1.54, 1.807) is 12.1 Å². The van der Waals surface area contributed by atoms with Crippen molar-refractivity contribution in [2.45, 2.75) is 13.0 Å². The molecular formula is C12H12FN. The number of hydrogen-bond acceptors (Lipinski definition) is 1. The van der Waals surface area contributed by atoms with Gasteiger partial charge in [-0.1, -0.05) is 30.3 Å². The smallest absolute Gasteiger partial charge is 0.131 e. The minimum atomic E-state index is -0.190. The zero-order valence-electron chi connectivity index (χ0n) is 8.00. The molecule has 0 aliphatic heterocycles. The molecule has 0 heterocycles. The van der Waals surface area contributed by atoms with Crippen LogP contribution in [0.4, 0.5) is 4.39 Å². The minimum Gasteiger partial charge on any atom is -0.324 e. The van der Waals surface area contributed by atoms with E-state index < -0.39 is 0 Å². The number of halogens is 1. The Morgan fingerprint density at radius 2 is 1.71 bits per heavy atom. The van der Waals surface area contributed by atoms with Crippen molar-refractivity contribution in [1.29, 1.82) is 0 Å². The molecule has 1 atom stereocenters. The highest BCUT2D eigenvalue weighted by Crippen LogP contribution is 2.24. The molecule has 2 aromatic rings. The molecule has 14 heavy (non-hydrogen) atoms. The zero-order chi connectivity index (χ0) is 10.1. The maximum atomic E-state index is 13.4. The third-order valence-corrected chi connectivity index (χ3v) is 2.39. The summed E-state index contributed by atoms with van der Waals surface area (Å²) in [6.07, 6.45) is 0. The first kappa shape index (κ1) is 9.16. The van der Waals surface area contributed by atoms with Crippen LogP contribution >= 0.6 is 0 Å². The van der Waals surface area contributed by atoms with E-state index in [-0.39, 0.29) is 11.9 Å². The van der Waals surface area contributed by atoms with Gasteiger partial charge in [-0.2, -0.15) is 0 Å². The van der Waals surface area contributed by atoms with Crippen molar-refractivity contribution in [3.8, 4) is 0 Å². The first-order chi connectivity index (χ1) is 6.70. The molecule has 0 fully saturated rings. The Morgan fingerprint density at radius 3 is 2.43 bits per heavy atom. The standard InChI is InChI=1S/C12H12FN/c1-8(14)9-4-2-6-11-10(9)5-3-7-12(11)13/h2-8H,14H2,1H3/t8-/m1/s1. The summed E-state index contributed by atoms with van der Waals surface area (Å²) in [5.41, 5.74) is 6.80. The summed E-state index contributed by atoms with van der Waals surface area (Å²) in [6.45, 7) is 1.90. The van der Waals surface area contributed by atoms with Gasteiger partial charge in [0.15, 0.2) is 0 Å². The predicted molar refractivity (Wildman–Crippen MR) is 56.5 cm³/mol. The molecule has 2 rings (SSSR count). The van der Waals surface area contributed by atoms with E-state index in [0.717, 1.165) is 10.9 Å². The number of hydrogen-bond donors (Lipinski definition) is 1. The van der Waals surface area contributed by atoms with Crippen LogP contribution in [0.2, 0.25) is 0 Å². The van der Waals surface area contributed by atoms with Gasteiger partial charge in [0.25, 0.3) is 0 Å². The van der Waals surface area contributed by atoms with E-state index in [9.17, 15) is 4.39 Å². The molecule has 2 N–H and O–H groups in total. The maximum absolute atomic E-state index is 13.4. The zero-order valence-corrected chi connectivity index (χ0v) is 8.00. The van der Waals surface area contributed by atoms with Crippen LogP contribution in [0.15, 0.2) is 36.4 Å². The molecule has 0 aliphatic rings. The van der Waals surface area contributed by atoms with Crippen LogP contribution in [-0.4, -0.2) is 0 Å². The molecule has 0 bridgehead atoms. The molecule has 72 valence electrons. The monoisotopic (exact) mass is 189 g/mol. The Labute approximate surface area is 82.3 Å². The van der Waals surface area contributed by atoms with Crippen molar-refractivity contribution in [3.05, 3.63) is 47.8 Å². The average molecular weight is 189 g/mol. The molecule has 0 saturated heterocycles. The second kappa shape index (κ2) is 3.39. The van der Waals surface area contributed by atoms with Crippen LogP contribution in [-0.2, 0) is 0 Å². The van der Waals surface area contributed by atoms with E-state index in [1.807, 2.05) is 25.1 Å². The van der Waals surface area contributed by atoms with Crippen molar-refractivity contribution in [2.24, 2.45) is 5.73 Å². The van der Waals surface area contributed by atoms with Crippen molar-refractivity contribution in [1.82, 2.24) is 0 Å². The lowest BCUT2D eigenvalue weighted by molar-refractivity contribution is 0.639. The second-order valence-electron chi connectivity index (χ2n) is 3.47. The number of fused-ring (bicyclic) bond motifs is 1. The largest absolute Gasteiger partial charge is 0.324 e. The van der Waals surface area contributed by atoms with Crippen LogP contribution in [0.3, 0.4) is 0 Å². The fourth-order valence-corrected chi connectivity index (χ4v) is 1.69. The van der Waals surface area contributed by atoms with Gasteiger partial charge < -0.3 is 5.73 Å². The normalized spacial score (nSPS) is 13.1. The van der Waals surface area contributed by atoms with Crippen molar-refractivity contribution in [3.63, 3.8) is 0 Å². The Hall–Kier alpha value is -1.41. The summed E-state index contributed by atoms with van der Waals surface area (Å²) in [7, 11) is 0. The predicted octanol–water partition coefficient (Wildman–Crippen LogP) is 3.00. The Kier molecular flexibility index (Phi) is 2.22. The highest BCUT2D eigenvalue weighted by atomic mass is 19.1. The van der Waals surface area contributed by atoms with Gasteiger partial charge in [-0.05, 0) is 23.9 Å². The van der Waals surface area contributed by atoms with Gasteiger partial charge in [0.05, 0.1) is 0 Å². The molecule has 2 heteroatoms. The molecule has 0 spiro atoms. The van der Waals surface area contributed by atoms with Crippen LogP contribution in [0.5, 0.6) is 0 Å². The lowest BCUT2D eigenvalue weighted by Gasteiger charge is -2.09. The summed E-state index contributed by atoms with van der Waals surface area (Å²) in [6, 6.07) is 10.6. The third-order valence-electron chi connectivity index (χ3n) is 2.39. The average Bonchev–Trinajstić information content (AvgIpc) is 2.17. The van der Waals surface area contributed by atoms with Gasteiger partial charge in [0, 0.05) is 11.4 Å². The summed E-state index contributed by atoms with van der Waals surface area (Å²) in [4.78, 5) is 0. The Balaban J connectivity index is 2.81. The van der Waals surface area contributed by atoms with Crippen LogP contribution in [0, 0.1) is 5.82 Å². The minimum absolute atomic E-state index is 0.0690. The highest BCUT2D eigenvalue weighted by molar-refractivity contribution is 5.86. The van der Waals surface area contributed by atoms with E-state index in [0.29, 0.717) is 5.39 Å². The van der Waals surface area contributed by atoms with E-state index in [4.69, 9.17) is 5.73 Å². The SMILES string of the molecule is C[C@@H](N)c1cccc2c(F)cccc12. The quantitative estimate of drug-likeness (QED) is 0.733. The summed E-state index contributed by atoms with van der Waals surface area (Å²) in [5, 5.41) is 1.55. The molecule has 0 aliphatic carbocycles. The topological polar surface area (TPSA) is 26.0 Å². The van der Waals surface area contributed by atoms with Gasteiger partial charge in [0.1, 0.15) is 5.82 Å². The maximum Gasteiger partial charge on any atom is 0.131 e. The number of benzene rings is 2. The number of nitrogens with two attached hydrogens (primary N) is 1. The molecule has 0 aromatic heterocycles. The molecule has 1 nitrogen and oxygen atoms in total. The highest BCUT2D eigenvalue weighted by Gasteiger charge is 2.06. The fourth-order valence-electron chi connectivity index (χ4n) is 1.69. The van der Waals surface area contributed by atoms with Gasteiger partial charge in [-0.3, -0.25) is 0 Å². The Bertz CT molecular complexity index is 463. The molecule has 0 saturated carbocycles. The molecule has 2 aromatic carbocycles. The Morgan fingerprint density at radius 1 is 1.07 bits per heavy atom. The van der Waals surface area contributed by atoms with Crippen molar-refractivity contribution >= 4 is 10.8 Å². The van der Waals surface area contributed by atoms with Gasteiger partial charge in [0.2, 0.25) is 0 Å². The van der Waals surface area contributed by atoms with E-state index >= 15 is 0 Å². The summed E-state index contributed by atoms with van der Waals surface area (Å²) in [5.74, 6) is -0.190. The van der Waals surface area contributed by atoms with Crippen molar-refractivity contribution in [2.75, 3.05) is 0 Å². The molecular weight excluding hydrogens is 177 g/mol. The molecule has 0 amide bonds. The van der Waals surface area contributed by atoms with Crippen LogP contribution in [0.1, 0.15) is 18.5 Å². The first-order valence-electron chi connectivity index (χ1n) is 4.63. The summed E-state index contributed by atoms with van der Waals surface area (Å²) < 4.78 is 13.4. The lowest BCUT2D eigenvalue weighted by atomic mass is 10.00. The van der Waals surface area contributed by atoms with Crippen LogP contribution < -0.4 is 5.73 Å². The van der Waals surface area contributed by atoms with E-state index in [1.165, 1.54) is 6.07 Å².